The zero-order valence-corrected chi connectivity index (χ0v) is 14.7. The van der Waals surface area contributed by atoms with E-state index in [1.165, 1.54) is 16.4 Å². The fourth-order valence-electron chi connectivity index (χ4n) is 2.77. The molecule has 126 valence electrons. The standard InChI is InChI=1S/C18H20N2O3S/c1-4-23-16-9-10-17(15-8-6-5-7-14(15)16)24(21,22)20-12-11-19-18(20)13(2)3/h5-13H,4H2,1-3H3. The van der Waals surface area contributed by atoms with Crippen molar-refractivity contribution in [1.29, 1.82) is 0 Å². The summed E-state index contributed by atoms with van der Waals surface area (Å²) in [7, 11) is -3.73. The zero-order valence-electron chi connectivity index (χ0n) is 13.9. The number of rotatable bonds is 5. The Morgan fingerprint density at radius 2 is 1.83 bits per heavy atom. The summed E-state index contributed by atoms with van der Waals surface area (Å²) in [5.41, 5.74) is 0. The Kier molecular flexibility index (Phi) is 4.32. The first kappa shape index (κ1) is 16.5. The fourth-order valence-corrected chi connectivity index (χ4v) is 4.39. The molecular weight excluding hydrogens is 324 g/mol. The molecule has 1 aromatic heterocycles. The van der Waals surface area contributed by atoms with Crippen LogP contribution in [-0.4, -0.2) is 24.0 Å². The van der Waals surface area contributed by atoms with Crippen molar-refractivity contribution in [3.05, 3.63) is 54.6 Å². The minimum Gasteiger partial charge on any atom is -0.493 e. The van der Waals surface area contributed by atoms with Crippen molar-refractivity contribution in [2.24, 2.45) is 0 Å². The van der Waals surface area contributed by atoms with Crippen LogP contribution in [0.25, 0.3) is 10.8 Å². The average Bonchev–Trinajstić information content (AvgIpc) is 3.06. The van der Waals surface area contributed by atoms with Crippen molar-refractivity contribution in [1.82, 2.24) is 8.96 Å². The average molecular weight is 344 g/mol. The van der Waals surface area contributed by atoms with E-state index in [9.17, 15) is 8.42 Å². The van der Waals surface area contributed by atoms with Crippen molar-refractivity contribution in [3.63, 3.8) is 0 Å². The lowest BCUT2D eigenvalue weighted by molar-refractivity contribution is 0.344. The van der Waals surface area contributed by atoms with Gasteiger partial charge in [-0.2, -0.15) is 0 Å². The number of aromatic nitrogens is 2. The van der Waals surface area contributed by atoms with Gasteiger partial charge in [-0.1, -0.05) is 38.1 Å². The quantitative estimate of drug-likeness (QED) is 0.706. The largest absolute Gasteiger partial charge is 0.493 e. The molecule has 0 N–H and O–H groups in total. The highest BCUT2D eigenvalue weighted by atomic mass is 32.2. The Hall–Kier alpha value is -2.34. The molecule has 0 unspecified atom stereocenters. The molecule has 1 heterocycles. The number of ether oxygens (including phenoxy) is 1. The van der Waals surface area contributed by atoms with Gasteiger partial charge in [0, 0.05) is 29.1 Å². The second kappa shape index (κ2) is 6.28. The SMILES string of the molecule is CCOc1ccc(S(=O)(=O)n2ccnc2C(C)C)c2ccccc12. The Morgan fingerprint density at radius 3 is 2.50 bits per heavy atom. The highest BCUT2D eigenvalue weighted by Gasteiger charge is 2.24. The lowest BCUT2D eigenvalue weighted by Crippen LogP contribution is -2.16. The third-order valence-electron chi connectivity index (χ3n) is 3.83. The van der Waals surface area contributed by atoms with E-state index in [4.69, 9.17) is 4.74 Å². The summed E-state index contributed by atoms with van der Waals surface area (Å²) in [6, 6.07) is 10.7. The second-order valence-electron chi connectivity index (χ2n) is 5.78. The van der Waals surface area contributed by atoms with E-state index in [1.54, 1.807) is 18.2 Å². The van der Waals surface area contributed by atoms with Crippen molar-refractivity contribution >= 4 is 20.8 Å². The van der Waals surface area contributed by atoms with Crippen molar-refractivity contribution < 1.29 is 13.2 Å². The van der Waals surface area contributed by atoms with E-state index in [0.717, 1.165) is 5.39 Å². The first-order chi connectivity index (χ1) is 11.5. The first-order valence-electron chi connectivity index (χ1n) is 7.90. The molecule has 0 aliphatic rings. The molecule has 0 fully saturated rings. The molecule has 24 heavy (non-hydrogen) atoms. The molecule has 0 saturated carbocycles. The van der Waals surface area contributed by atoms with Crippen molar-refractivity contribution in [2.45, 2.75) is 31.6 Å². The molecule has 0 spiro atoms. The van der Waals surface area contributed by atoms with E-state index in [0.29, 0.717) is 23.6 Å². The van der Waals surface area contributed by atoms with Crippen LogP contribution < -0.4 is 4.74 Å². The minimum atomic E-state index is -3.73. The van der Waals surface area contributed by atoms with Gasteiger partial charge in [0.15, 0.2) is 0 Å². The molecule has 5 nitrogen and oxygen atoms in total. The van der Waals surface area contributed by atoms with Crippen LogP contribution in [0.3, 0.4) is 0 Å². The molecule has 0 atom stereocenters. The highest BCUT2D eigenvalue weighted by molar-refractivity contribution is 7.90. The normalized spacial score (nSPS) is 12.0. The number of benzene rings is 2. The van der Waals surface area contributed by atoms with Crippen LogP contribution in [0.2, 0.25) is 0 Å². The number of hydrogen-bond acceptors (Lipinski definition) is 4. The van der Waals surface area contributed by atoms with E-state index in [-0.39, 0.29) is 10.8 Å². The van der Waals surface area contributed by atoms with Gasteiger partial charge in [0.25, 0.3) is 10.0 Å². The van der Waals surface area contributed by atoms with Crippen LogP contribution in [0.5, 0.6) is 5.75 Å². The summed E-state index contributed by atoms with van der Waals surface area (Å²) >= 11 is 0. The van der Waals surface area contributed by atoms with Crippen molar-refractivity contribution in [3.8, 4) is 5.75 Å². The number of nitrogens with zero attached hydrogens (tertiary/aromatic N) is 2. The fraction of sp³-hybridized carbons (Fsp3) is 0.278. The smallest absolute Gasteiger partial charge is 0.269 e. The van der Waals surface area contributed by atoms with Gasteiger partial charge in [-0.25, -0.2) is 17.4 Å². The lowest BCUT2D eigenvalue weighted by Gasteiger charge is -2.15. The maximum atomic E-state index is 13.2. The molecule has 3 rings (SSSR count). The van der Waals surface area contributed by atoms with Crippen LogP contribution >= 0.6 is 0 Å². The zero-order chi connectivity index (χ0) is 17.3. The van der Waals surface area contributed by atoms with Gasteiger partial charge in [0.05, 0.1) is 11.5 Å². The van der Waals surface area contributed by atoms with Gasteiger partial charge < -0.3 is 4.74 Å². The maximum Gasteiger partial charge on any atom is 0.269 e. The Balaban J connectivity index is 2.26. The molecule has 0 aliphatic carbocycles. The van der Waals surface area contributed by atoms with Gasteiger partial charge in [-0.3, -0.25) is 0 Å². The third-order valence-corrected chi connectivity index (χ3v) is 5.57. The predicted octanol–water partition coefficient (Wildman–Crippen LogP) is 3.80. The van der Waals surface area contributed by atoms with E-state index < -0.39 is 10.0 Å². The molecule has 0 radical (unpaired) electrons. The first-order valence-corrected chi connectivity index (χ1v) is 9.34. The minimum absolute atomic E-state index is 0.00346. The topological polar surface area (TPSA) is 61.2 Å². The Labute approximate surface area is 142 Å². The van der Waals surface area contributed by atoms with E-state index >= 15 is 0 Å². The molecule has 0 aliphatic heterocycles. The van der Waals surface area contributed by atoms with Crippen LogP contribution in [0.15, 0.2) is 53.7 Å². The van der Waals surface area contributed by atoms with Crippen LogP contribution in [0.4, 0.5) is 0 Å². The van der Waals surface area contributed by atoms with E-state index in [1.807, 2.05) is 39.0 Å². The molecule has 2 aromatic carbocycles. The summed E-state index contributed by atoms with van der Waals surface area (Å²) in [6.07, 6.45) is 3.01. The summed E-state index contributed by atoms with van der Waals surface area (Å²) in [4.78, 5) is 4.44. The number of imidazole rings is 1. The molecule has 0 bridgehead atoms. The third kappa shape index (κ3) is 2.67. The lowest BCUT2D eigenvalue weighted by atomic mass is 10.1. The van der Waals surface area contributed by atoms with Gasteiger partial charge in [-0.05, 0) is 19.1 Å². The predicted molar refractivity (Wildman–Crippen MR) is 94.0 cm³/mol. The number of hydrogen-bond donors (Lipinski definition) is 0. The van der Waals surface area contributed by atoms with Crippen LogP contribution in [0.1, 0.15) is 32.5 Å². The van der Waals surface area contributed by atoms with Crippen molar-refractivity contribution in [2.75, 3.05) is 6.61 Å². The van der Waals surface area contributed by atoms with E-state index in [2.05, 4.69) is 4.98 Å². The summed E-state index contributed by atoms with van der Waals surface area (Å²) in [5.74, 6) is 1.21. The van der Waals surface area contributed by atoms with Gasteiger partial charge in [-0.15, -0.1) is 0 Å². The summed E-state index contributed by atoms with van der Waals surface area (Å²) in [6.45, 7) is 6.27. The Bertz CT molecular complexity index is 975. The number of fused-ring (bicyclic) bond motifs is 1. The second-order valence-corrected chi connectivity index (χ2v) is 7.56. The maximum absolute atomic E-state index is 13.2. The van der Waals surface area contributed by atoms with Crippen LogP contribution in [0, 0.1) is 0 Å². The molecule has 6 heteroatoms. The molecule has 0 amide bonds. The summed E-state index contributed by atoms with van der Waals surface area (Å²) in [5, 5.41) is 1.43. The Morgan fingerprint density at radius 1 is 1.12 bits per heavy atom. The van der Waals surface area contributed by atoms with Gasteiger partial charge in [0.1, 0.15) is 11.6 Å². The molecule has 0 saturated heterocycles. The molecule has 3 aromatic rings. The highest BCUT2D eigenvalue weighted by Crippen LogP contribution is 2.32. The van der Waals surface area contributed by atoms with Gasteiger partial charge in [0.2, 0.25) is 0 Å². The molecular formula is C18H20N2O3S. The van der Waals surface area contributed by atoms with Gasteiger partial charge >= 0.3 is 0 Å². The monoisotopic (exact) mass is 344 g/mol. The summed E-state index contributed by atoms with van der Waals surface area (Å²) < 4.78 is 33.3. The van der Waals surface area contributed by atoms with Crippen LogP contribution in [-0.2, 0) is 10.0 Å².